The zero-order valence-corrected chi connectivity index (χ0v) is 44.8. The molecule has 0 saturated heterocycles. The highest BCUT2D eigenvalue weighted by Crippen LogP contribution is 2.43. The van der Waals surface area contributed by atoms with Crippen LogP contribution in [0.5, 0.6) is 0 Å². The number of allylic oxidation sites excluding steroid dienone is 7. The van der Waals surface area contributed by atoms with E-state index >= 15 is 0 Å². The third-order valence-corrected chi connectivity index (χ3v) is 13.0. The molecule has 0 aliphatic carbocycles. The van der Waals surface area contributed by atoms with E-state index in [2.05, 4.69) is 62.5 Å². The molecule has 0 aliphatic heterocycles. The van der Waals surface area contributed by atoms with Gasteiger partial charge in [-0.05, 0) is 83.1 Å². The molecule has 0 aromatic heterocycles. The molecule has 0 saturated carbocycles. The van der Waals surface area contributed by atoms with E-state index in [1.165, 1.54) is 116 Å². The van der Waals surface area contributed by atoms with Gasteiger partial charge in [-0.2, -0.15) is 0 Å². The average Bonchev–Trinajstić information content (AvgIpc) is 3.27. The largest absolute Gasteiger partial charge is 0.472 e. The Labute approximate surface area is 408 Å². The van der Waals surface area contributed by atoms with E-state index in [-0.39, 0.29) is 31.5 Å². The van der Waals surface area contributed by atoms with Crippen molar-refractivity contribution in [1.29, 1.82) is 0 Å². The lowest BCUT2D eigenvalue weighted by Crippen LogP contribution is -2.47. The van der Waals surface area contributed by atoms with E-state index in [9.17, 15) is 19.0 Å². The number of quaternary nitrogens is 1. The third-order valence-electron chi connectivity index (χ3n) is 12.0. The number of amides is 1. The molecular formula is C56H106N2O7P+. The normalized spacial score (nSPS) is 14.2. The van der Waals surface area contributed by atoms with Gasteiger partial charge in [-0.15, -0.1) is 0 Å². The van der Waals surface area contributed by atoms with Crippen LogP contribution in [0.15, 0.2) is 48.6 Å². The third kappa shape index (κ3) is 47.1. The summed E-state index contributed by atoms with van der Waals surface area (Å²) in [5.41, 5.74) is 0. The number of nitrogens with one attached hydrogen (secondary N) is 1. The first-order valence-corrected chi connectivity index (χ1v) is 29.0. The second kappa shape index (κ2) is 46.7. The fourth-order valence-corrected chi connectivity index (χ4v) is 8.47. The van der Waals surface area contributed by atoms with Crippen molar-refractivity contribution in [2.24, 2.45) is 0 Å². The maximum Gasteiger partial charge on any atom is 0.472 e. The second-order valence-corrected chi connectivity index (χ2v) is 21.2. The van der Waals surface area contributed by atoms with E-state index in [1.54, 1.807) is 0 Å². The topological polar surface area (TPSA) is 111 Å². The van der Waals surface area contributed by atoms with Crippen LogP contribution in [-0.4, -0.2) is 74.3 Å². The fraction of sp³-hybridized carbons (Fsp3) is 0.821. The quantitative estimate of drug-likeness (QED) is 0.0205. The summed E-state index contributed by atoms with van der Waals surface area (Å²) in [6, 6.07) is -0.856. The summed E-state index contributed by atoms with van der Waals surface area (Å²) in [5.74, 6) is -0.531. The average molecular weight is 950 g/mol. The zero-order valence-electron chi connectivity index (χ0n) is 43.9. The van der Waals surface area contributed by atoms with Crippen molar-refractivity contribution in [1.82, 2.24) is 5.32 Å². The number of unbranched alkanes of at least 4 members (excludes halogenated alkanes) is 27. The number of likely N-dealkylation sites (N-methyl/N-ethyl adjacent to an activating group) is 1. The lowest BCUT2D eigenvalue weighted by atomic mass is 10.0. The highest BCUT2D eigenvalue weighted by molar-refractivity contribution is 7.47. The number of phosphoric ester groups is 1. The number of esters is 1. The van der Waals surface area contributed by atoms with Crippen LogP contribution in [0.3, 0.4) is 0 Å². The number of carbonyl (C=O) groups is 2. The molecule has 0 rings (SSSR count). The lowest BCUT2D eigenvalue weighted by Gasteiger charge is -2.27. The molecule has 3 unspecified atom stereocenters. The first kappa shape index (κ1) is 64.0. The highest BCUT2D eigenvalue weighted by Gasteiger charge is 2.30. The van der Waals surface area contributed by atoms with Crippen LogP contribution in [0.1, 0.15) is 245 Å². The molecule has 0 spiro atoms. The van der Waals surface area contributed by atoms with Gasteiger partial charge in [-0.1, -0.05) is 198 Å². The van der Waals surface area contributed by atoms with E-state index < -0.39 is 20.0 Å². The van der Waals surface area contributed by atoms with Crippen molar-refractivity contribution >= 4 is 19.7 Å². The van der Waals surface area contributed by atoms with Gasteiger partial charge >= 0.3 is 13.8 Å². The standard InChI is InChI=1S/C56H105N2O7P/c1-7-10-13-16-19-22-25-28-31-33-36-39-42-45-48-55(59)57-53(52-64-66(61,62)63-51-50-58(4,5)6)54(47-44-41-38-35-32-29-26-23-20-17-14-11-8-2)65-56(60)49-46-43-40-37-34-30-27-24-21-18-15-12-9-3/h10,13,19,22,30,34,44,47,53-54H,7-9,11-12,14-18,20-21,23-29,31-33,35-43,45-46,48-52H2,1-6H3,(H-,57,59,61,62)/p+1/b13-10+,22-19+,34-30-,47-44+. The van der Waals surface area contributed by atoms with Crippen molar-refractivity contribution in [3.8, 4) is 0 Å². The van der Waals surface area contributed by atoms with Gasteiger partial charge in [0.25, 0.3) is 0 Å². The molecule has 0 aromatic rings. The van der Waals surface area contributed by atoms with Crippen LogP contribution >= 0.6 is 7.82 Å². The Morgan fingerprint density at radius 2 is 0.970 bits per heavy atom. The van der Waals surface area contributed by atoms with E-state index in [0.29, 0.717) is 23.9 Å². The fourth-order valence-electron chi connectivity index (χ4n) is 7.74. The Bertz CT molecular complexity index is 1280. The van der Waals surface area contributed by atoms with Crippen LogP contribution in [0.25, 0.3) is 0 Å². The minimum atomic E-state index is -4.44. The minimum absolute atomic E-state index is 0.0362. The predicted octanol–water partition coefficient (Wildman–Crippen LogP) is 16.2. The van der Waals surface area contributed by atoms with Crippen molar-refractivity contribution in [3.63, 3.8) is 0 Å². The summed E-state index contributed by atoms with van der Waals surface area (Å²) in [6.07, 6.45) is 55.3. The van der Waals surface area contributed by atoms with Crippen molar-refractivity contribution in [3.05, 3.63) is 48.6 Å². The van der Waals surface area contributed by atoms with E-state index in [1.807, 2.05) is 33.3 Å². The predicted molar refractivity (Wildman–Crippen MR) is 282 cm³/mol. The molecule has 10 heteroatoms. The van der Waals surface area contributed by atoms with Crippen LogP contribution in [0.4, 0.5) is 0 Å². The SMILES string of the molecule is CC/C=C/C/C=C/CCCCCCCCCC(=O)NC(COP(=O)(O)OCC[N+](C)(C)C)C(/C=C/CCCCCCCCCCCCC)OC(=O)CCCCC/C=C\CCCCCCCC. The first-order valence-electron chi connectivity index (χ1n) is 27.5. The number of ether oxygens (including phenoxy) is 1. The molecule has 2 N–H and O–H groups in total. The molecule has 3 atom stereocenters. The zero-order chi connectivity index (χ0) is 48.7. The van der Waals surface area contributed by atoms with Gasteiger partial charge in [0, 0.05) is 12.8 Å². The summed E-state index contributed by atoms with van der Waals surface area (Å²) in [6.45, 7) is 6.88. The highest BCUT2D eigenvalue weighted by atomic mass is 31.2. The number of rotatable bonds is 49. The van der Waals surface area contributed by atoms with Gasteiger partial charge in [-0.3, -0.25) is 18.6 Å². The van der Waals surface area contributed by atoms with Crippen LogP contribution in [0.2, 0.25) is 0 Å². The van der Waals surface area contributed by atoms with Gasteiger partial charge < -0.3 is 19.4 Å². The maximum atomic E-state index is 13.5. The Balaban J connectivity index is 5.44. The van der Waals surface area contributed by atoms with E-state index in [0.717, 1.165) is 89.9 Å². The Hall–Kier alpha value is -2.03. The number of carbonyl (C=O) groups excluding carboxylic acids is 2. The summed E-state index contributed by atoms with van der Waals surface area (Å²) >= 11 is 0. The van der Waals surface area contributed by atoms with Crippen molar-refractivity contribution in [2.45, 2.75) is 258 Å². The lowest BCUT2D eigenvalue weighted by molar-refractivity contribution is -0.870. The molecule has 9 nitrogen and oxygen atoms in total. The molecule has 0 aromatic carbocycles. The second-order valence-electron chi connectivity index (χ2n) is 19.7. The maximum absolute atomic E-state index is 13.5. The Morgan fingerprint density at radius 1 is 0.545 bits per heavy atom. The molecule has 0 bridgehead atoms. The first-order chi connectivity index (χ1) is 31.9. The minimum Gasteiger partial charge on any atom is -0.456 e. The van der Waals surface area contributed by atoms with Crippen LogP contribution in [0, 0.1) is 0 Å². The van der Waals surface area contributed by atoms with Crippen LogP contribution < -0.4 is 5.32 Å². The number of hydrogen-bond donors (Lipinski definition) is 2. The van der Waals surface area contributed by atoms with Crippen molar-refractivity contribution in [2.75, 3.05) is 40.9 Å². The number of hydrogen-bond acceptors (Lipinski definition) is 6. The number of nitrogens with zero attached hydrogens (tertiary/aromatic N) is 1. The van der Waals surface area contributed by atoms with E-state index in [4.69, 9.17) is 13.8 Å². The monoisotopic (exact) mass is 950 g/mol. The molecular weight excluding hydrogens is 844 g/mol. The van der Waals surface area contributed by atoms with Crippen LogP contribution in [-0.2, 0) is 27.9 Å². The molecule has 66 heavy (non-hydrogen) atoms. The Morgan fingerprint density at radius 3 is 1.47 bits per heavy atom. The summed E-state index contributed by atoms with van der Waals surface area (Å²) in [5, 5.41) is 3.03. The molecule has 0 aliphatic rings. The van der Waals surface area contributed by atoms with Gasteiger partial charge in [0.1, 0.15) is 19.3 Å². The summed E-state index contributed by atoms with van der Waals surface area (Å²) in [7, 11) is 1.48. The van der Waals surface area contributed by atoms with Gasteiger partial charge in [0.2, 0.25) is 5.91 Å². The summed E-state index contributed by atoms with van der Waals surface area (Å²) in [4.78, 5) is 37.5. The molecule has 0 fully saturated rings. The van der Waals surface area contributed by atoms with Crippen molar-refractivity contribution < 1.29 is 37.3 Å². The van der Waals surface area contributed by atoms with Gasteiger partial charge in [0.05, 0.1) is 33.8 Å². The summed E-state index contributed by atoms with van der Waals surface area (Å²) < 4.78 is 30.5. The molecule has 1 amide bonds. The Kier molecular flexibility index (Phi) is 45.3. The molecule has 0 radical (unpaired) electrons. The van der Waals surface area contributed by atoms with Gasteiger partial charge in [0.15, 0.2) is 0 Å². The molecule has 386 valence electrons. The van der Waals surface area contributed by atoms with Gasteiger partial charge in [-0.25, -0.2) is 4.57 Å². The molecule has 0 heterocycles. The smallest absolute Gasteiger partial charge is 0.456 e. The number of phosphoric acid groups is 1.